The van der Waals surface area contributed by atoms with Crippen LogP contribution in [0.25, 0.3) is 21.8 Å². The van der Waals surface area contributed by atoms with Crippen molar-refractivity contribution < 1.29 is 68.7 Å². The van der Waals surface area contributed by atoms with Crippen LogP contribution in [0.2, 0.25) is 0 Å². The van der Waals surface area contributed by atoms with Gasteiger partial charge >= 0.3 is 11.9 Å². The lowest BCUT2D eigenvalue weighted by Crippen LogP contribution is -2.53. The average molecular weight is 888 g/mol. The van der Waals surface area contributed by atoms with E-state index < -0.39 is 49.6 Å². The SMILES string of the molecule is Cc1cc(C(=O)NC[N+](C)(CCCNC(=O)CCCC(=O)O)CCCS(=O)(=O)[O-])cc(C)c1OC(=O)c1c2ccccc2[n+](CCCS(=O)(=O)O)c2ccc(OC(C)C)cc12. The van der Waals surface area contributed by atoms with Crippen LogP contribution < -0.4 is 24.7 Å². The summed E-state index contributed by atoms with van der Waals surface area (Å²) in [5.41, 5.74) is 2.73. The Morgan fingerprint density at radius 1 is 0.836 bits per heavy atom. The number of aliphatic carboxylic acids is 1. The number of benzene rings is 3. The maximum absolute atomic E-state index is 14.4. The Bertz CT molecular complexity index is 2470. The van der Waals surface area contributed by atoms with Crippen LogP contribution in [0.1, 0.15) is 84.2 Å². The molecule has 0 aliphatic carbocycles. The average Bonchev–Trinajstić information content (AvgIpc) is 3.15. The molecule has 61 heavy (non-hydrogen) atoms. The summed E-state index contributed by atoms with van der Waals surface area (Å²) in [7, 11) is -6.88. The van der Waals surface area contributed by atoms with Crippen LogP contribution in [0.15, 0.2) is 54.6 Å². The van der Waals surface area contributed by atoms with Gasteiger partial charge in [0.1, 0.15) is 11.5 Å². The summed E-state index contributed by atoms with van der Waals surface area (Å²) in [5, 5.41) is 15.5. The van der Waals surface area contributed by atoms with E-state index in [1.165, 1.54) is 0 Å². The quantitative estimate of drug-likeness (QED) is 0.0120. The molecule has 1 unspecified atom stereocenters. The second-order valence-electron chi connectivity index (χ2n) is 15.7. The first kappa shape index (κ1) is 48.5. The van der Waals surface area contributed by atoms with Crippen molar-refractivity contribution in [3.05, 3.63) is 76.9 Å². The molecule has 0 fully saturated rings. The minimum Gasteiger partial charge on any atom is -0.748 e. The third kappa shape index (κ3) is 14.7. The van der Waals surface area contributed by atoms with Gasteiger partial charge in [-0.1, -0.05) is 12.1 Å². The highest BCUT2D eigenvalue weighted by atomic mass is 32.2. The Balaban J connectivity index is 1.57. The standard InChI is InChI=1S/C42H54N4O13S2/c1-28(2)58-32-16-17-36-34(26-32)39(33-12-6-7-13-35(33)45(36)19-10-22-60(52,53)54)42(51)59-40-29(3)24-31(25-30(40)4)41(50)44-27-46(5,21-11-23-61(55,56)57)20-9-18-43-37(47)14-8-15-38(48)49/h6-7,12-13,16-17,24-26,28H,8-11,14-15,18-23,27H2,1-5H3,(H3-2,43,44,47,48,49,50,52,53,54,55,56,57)/p+1. The Morgan fingerprint density at radius 2 is 1.49 bits per heavy atom. The maximum Gasteiger partial charge on any atom is 0.345 e. The number of pyridine rings is 1. The predicted octanol–water partition coefficient (Wildman–Crippen LogP) is 4.01. The Hall–Kier alpha value is -5.21. The van der Waals surface area contributed by atoms with E-state index in [0.29, 0.717) is 51.6 Å². The number of nitrogens with one attached hydrogen (secondary N) is 2. The number of carboxylic acids is 1. The molecule has 19 heteroatoms. The highest BCUT2D eigenvalue weighted by molar-refractivity contribution is 7.85. The molecule has 0 aliphatic rings. The van der Waals surface area contributed by atoms with Gasteiger partial charge in [0.25, 0.3) is 16.0 Å². The van der Waals surface area contributed by atoms with Crippen LogP contribution >= 0.6 is 0 Å². The number of aryl methyl sites for hydroxylation is 3. The number of fused-ring (bicyclic) bond motifs is 2. The van der Waals surface area contributed by atoms with Crippen molar-refractivity contribution in [2.75, 3.05) is 44.9 Å². The van der Waals surface area contributed by atoms with Crippen LogP contribution in [-0.2, 0) is 36.4 Å². The summed E-state index contributed by atoms with van der Waals surface area (Å²) in [5.74, 6) is -2.70. The van der Waals surface area contributed by atoms with E-state index in [4.69, 9.17) is 14.6 Å². The van der Waals surface area contributed by atoms with Crippen molar-refractivity contribution in [1.82, 2.24) is 10.6 Å². The van der Waals surface area contributed by atoms with Crippen molar-refractivity contribution in [3.63, 3.8) is 0 Å². The second kappa shape index (κ2) is 21.0. The number of esters is 1. The van der Waals surface area contributed by atoms with E-state index in [1.54, 1.807) is 69.4 Å². The minimum absolute atomic E-state index is 0.0458. The molecule has 0 saturated carbocycles. The lowest BCUT2D eigenvalue weighted by Gasteiger charge is -2.35. The summed E-state index contributed by atoms with van der Waals surface area (Å²) >= 11 is 0. The number of carboxylic acid groups (broad SMARTS) is 1. The van der Waals surface area contributed by atoms with Gasteiger partial charge in [-0.25, -0.2) is 13.2 Å². The second-order valence-corrected chi connectivity index (χ2v) is 18.8. The van der Waals surface area contributed by atoms with Crippen molar-refractivity contribution in [3.8, 4) is 11.5 Å². The number of aromatic nitrogens is 1. The van der Waals surface area contributed by atoms with Gasteiger partial charge in [-0.2, -0.15) is 13.0 Å². The lowest BCUT2D eigenvalue weighted by molar-refractivity contribution is -0.911. The van der Waals surface area contributed by atoms with Gasteiger partial charge in [-0.3, -0.25) is 18.9 Å². The largest absolute Gasteiger partial charge is 0.748 e. The molecule has 332 valence electrons. The number of ether oxygens (including phenoxy) is 2. The fourth-order valence-electron chi connectivity index (χ4n) is 7.18. The first-order valence-electron chi connectivity index (χ1n) is 19.9. The summed E-state index contributed by atoms with van der Waals surface area (Å²) in [6.07, 6.45) is 0.576. The molecule has 0 aliphatic heterocycles. The highest BCUT2D eigenvalue weighted by Gasteiger charge is 2.28. The maximum atomic E-state index is 14.4. The third-order valence-corrected chi connectivity index (χ3v) is 11.6. The number of quaternary nitrogens is 1. The first-order valence-corrected chi connectivity index (χ1v) is 23.1. The summed E-state index contributed by atoms with van der Waals surface area (Å²) in [6.45, 7) is 8.32. The van der Waals surface area contributed by atoms with Gasteiger partial charge in [-0.05, 0) is 75.6 Å². The Labute approximate surface area is 356 Å². The molecule has 3 aromatic carbocycles. The molecule has 0 radical (unpaired) electrons. The molecule has 4 N–H and O–H groups in total. The van der Waals surface area contributed by atoms with Gasteiger partial charge < -0.3 is 34.2 Å². The fourth-order valence-corrected chi connectivity index (χ4v) is 8.15. The molecular formula is C42H55N4O13S2+. The number of hydrogen-bond acceptors (Lipinski definition) is 11. The highest BCUT2D eigenvalue weighted by Crippen LogP contribution is 2.32. The number of carbonyl (C=O) groups is 4. The van der Waals surface area contributed by atoms with Crippen LogP contribution in [0.4, 0.5) is 0 Å². The van der Waals surface area contributed by atoms with Gasteiger partial charge in [0.05, 0.1) is 58.4 Å². The van der Waals surface area contributed by atoms with Gasteiger partial charge in [-0.15, -0.1) is 0 Å². The van der Waals surface area contributed by atoms with E-state index in [0.717, 1.165) is 0 Å². The zero-order chi connectivity index (χ0) is 45.1. The molecule has 1 atom stereocenters. The molecule has 1 heterocycles. The van der Waals surface area contributed by atoms with Crippen LogP contribution in [0.3, 0.4) is 0 Å². The lowest BCUT2D eigenvalue weighted by atomic mass is 10.0. The fraction of sp³-hybridized carbons (Fsp3) is 0.452. The molecule has 4 rings (SSSR count). The third-order valence-electron chi connectivity index (χ3n) is 9.97. The molecule has 2 amide bonds. The van der Waals surface area contributed by atoms with Crippen LogP contribution in [0, 0.1) is 13.8 Å². The van der Waals surface area contributed by atoms with E-state index in [2.05, 4.69) is 10.6 Å². The van der Waals surface area contributed by atoms with Crippen LogP contribution in [0.5, 0.6) is 11.5 Å². The van der Waals surface area contributed by atoms with E-state index in [1.807, 2.05) is 24.5 Å². The summed E-state index contributed by atoms with van der Waals surface area (Å²) in [4.78, 5) is 50.8. The van der Waals surface area contributed by atoms with E-state index in [-0.39, 0.29) is 91.8 Å². The zero-order valence-corrected chi connectivity index (χ0v) is 36.7. The van der Waals surface area contributed by atoms with Crippen molar-refractivity contribution in [2.24, 2.45) is 0 Å². The molecule has 0 bridgehead atoms. The van der Waals surface area contributed by atoms with Crippen molar-refractivity contribution in [1.29, 1.82) is 0 Å². The van der Waals surface area contributed by atoms with E-state index in [9.17, 15) is 45.1 Å². The monoisotopic (exact) mass is 887 g/mol. The van der Waals surface area contributed by atoms with Crippen molar-refractivity contribution >= 4 is 65.8 Å². The molecule has 4 aromatic rings. The zero-order valence-electron chi connectivity index (χ0n) is 35.1. The molecule has 1 aromatic heterocycles. The molecule has 0 spiro atoms. The Kier molecular flexibility index (Phi) is 16.7. The number of carbonyl (C=O) groups excluding carboxylic acids is 3. The van der Waals surface area contributed by atoms with Gasteiger partial charge in [0, 0.05) is 62.1 Å². The molecular weight excluding hydrogens is 833 g/mol. The summed E-state index contributed by atoms with van der Waals surface area (Å²) in [6, 6.07) is 15.6. The molecule has 0 saturated heterocycles. The first-order chi connectivity index (χ1) is 28.6. The number of nitrogens with zero attached hydrogens (tertiary/aromatic N) is 2. The van der Waals surface area contributed by atoms with Gasteiger partial charge in [0.15, 0.2) is 13.2 Å². The number of hydrogen-bond donors (Lipinski definition) is 4. The van der Waals surface area contributed by atoms with Crippen molar-refractivity contribution in [2.45, 2.75) is 78.9 Å². The number of rotatable bonds is 23. The minimum atomic E-state index is -4.47. The predicted molar refractivity (Wildman–Crippen MR) is 226 cm³/mol. The normalized spacial score (nSPS) is 12.9. The van der Waals surface area contributed by atoms with Crippen LogP contribution in [-0.4, -0.2) is 110 Å². The summed E-state index contributed by atoms with van der Waals surface area (Å²) < 4.78 is 80.6. The Morgan fingerprint density at radius 3 is 2.13 bits per heavy atom. The van der Waals surface area contributed by atoms with Gasteiger partial charge in [0.2, 0.25) is 16.9 Å². The number of para-hydroxylation sites is 1. The topological polar surface area (TPSA) is 246 Å². The van der Waals surface area contributed by atoms with E-state index >= 15 is 0 Å². The smallest absolute Gasteiger partial charge is 0.345 e. The number of amides is 2. The molecule has 17 nitrogen and oxygen atoms in total.